The van der Waals surface area contributed by atoms with Gasteiger partial charge in [0.1, 0.15) is 0 Å². The van der Waals surface area contributed by atoms with Crippen LogP contribution >= 0.6 is 0 Å². The topological polar surface area (TPSA) is 83.7 Å². The van der Waals surface area contributed by atoms with Crippen LogP contribution in [0.5, 0.6) is 11.5 Å². The predicted octanol–water partition coefficient (Wildman–Crippen LogP) is 4.73. The highest BCUT2D eigenvalue weighted by Gasteiger charge is 2.42. The van der Waals surface area contributed by atoms with Gasteiger partial charge in [-0.3, -0.25) is 9.59 Å². The Labute approximate surface area is 197 Å². The first-order valence-corrected chi connectivity index (χ1v) is 11.0. The number of hydrogen-bond acceptors (Lipinski definition) is 4. The number of carbonyl (C=O) groups excluding carboxylic acids is 2. The molecule has 0 fully saturated rings. The standard InChI is InChI=1S/C27H25N3O4/c1-30-25(17-8-11-22(33-2)23(15-17)34-3)24(19-6-4-5-7-20(19)27(30)32)26(31)29-18-9-10-21-16(14-18)12-13-28-21/h4-15,24-25,28H,1-3H3,(H,29,31)/t24-,25+/m0/s1. The quantitative estimate of drug-likeness (QED) is 0.456. The van der Waals surface area contributed by atoms with Gasteiger partial charge in [-0.1, -0.05) is 24.3 Å². The number of hydrogen-bond donors (Lipinski definition) is 2. The molecule has 0 saturated heterocycles. The lowest BCUT2D eigenvalue weighted by atomic mass is 9.79. The van der Waals surface area contributed by atoms with Crippen molar-refractivity contribution in [2.45, 2.75) is 12.0 Å². The summed E-state index contributed by atoms with van der Waals surface area (Å²) in [6.07, 6.45) is 1.86. The van der Waals surface area contributed by atoms with E-state index in [0.717, 1.165) is 16.5 Å². The molecule has 1 aliphatic rings. The molecule has 1 aliphatic heterocycles. The molecule has 2 heterocycles. The maximum atomic E-state index is 13.8. The smallest absolute Gasteiger partial charge is 0.254 e. The number of benzene rings is 3. The van der Waals surface area contributed by atoms with Gasteiger partial charge >= 0.3 is 0 Å². The second-order valence-electron chi connectivity index (χ2n) is 8.31. The normalized spacial score (nSPS) is 17.4. The van der Waals surface area contributed by atoms with E-state index >= 15 is 0 Å². The van der Waals surface area contributed by atoms with Crippen LogP contribution in [0.25, 0.3) is 10.9 Å². The van der Waals surface area contributed by atoms with Gasteiger partial charge in [0.25, 0.3) is 5.91 Å². The Bertz CT molecular complexity index is 1390. The second-order valence-corrected chi connectivity index (χ2v) is 8.31. The summed E-state index contributed by atoms with van der Waals surface area (Å²) in [6.45, 7) is 0. The van der Waals surface area contributed by atoms with E-state index in [1.807, 2.05) is 60.8 Å². The number of ether oxygens (including phenoxy) is 2. The molecule has 3 aromatic carbocycles. The molecule has 172 valence electrons. The Morgan fingerprint density at radius 2 is 1.76 bits per heavy atom. The van der Waals surface area contributed by atoms with Crippen molar-refractivity contribution in [1.29, 1.82) is 0 Å². The van der Waals surface area contributed by atoms with Crippen molar-refractivity contribution in [2.75, 3.05) is 26.6 Å². The summed E-state index contributed by atoms with van der Waals surface area (Å²) in [7, 11) is 4.86. The number of aromatic nitrogens is 1. The van der Waals surface area contributed by atoms with Crippen LogP contribution in [0.15, 0.2) is 72.9 Å². The zero-order valence-electron chi connectivity index (χ0n) is 19.2. The summed E-state index contributed by atoms with van der Waals surface area (Å²) in [5.74, 6) is 0.169. The lowest BCUT2D eigenvalue weighted by Gasteiger charge is -2.40. The zero-order chi connectivity index (χ0) is 23.8. The number of amides is 2. The molecule has 2 atom stereocenters. The third kappa shape index (κ3) is 3.55. The van der Waals surface area contributed by atoms with Crippen LogP contribution in [0.1, 0.15) is 33.4 Å². The van der Waals surface area contributed by atoms with Gasteiger partial charge < -0.3 is 24.7 Å². The molecule has 0 radical (unpaired) electrons. The Kier molecular flexibility index (Phi) is 5.45. The van der Waals surface area contributed by atoms with E-state index in [1.54, 1.807) is 38.3 Å². The summed E-state index contributed by atoms with van der Waals surface area (Å²) in [6, 6.07) is 19.9. The number of anilines is 1. The monoisotopic (exact) mass is 455 g/mol. The van der Waals surface area contributed by atoms with Crippen molar-refractivity contribution < 1.29 is 19.1 Å². The Morgan fingerprint density at radius 3 is 2.56 bits per heavy atom. The summed E-state index contributed by atoms with van der Waals surface area (Å²) in [5.41, 5.74) is 3.70. The SMILES string of the molecule is COc1ccc([C@@H]2[C@@H](C(=O)Nc3ccc4[nH]ccc4c3)c3ccccc3C(=O)N2C)cc1OC. The fourth-order valence-corrected chi connectivity index (χ4v) is 4.76. The lowest BCUT2D eigenvalue weighted by molar-refractivity contribution is -0.119. The molecule has 2 amide bonds. The van der Waals surface area contributed by atoms with Gasteiger partial charge in [0.2, 0.25) is 5.91 Å². The van der Waals surface area contributed by atoms with Gasteiger partial charge in [0.15, 0.2) is 11.5 Å². The van der Waals surface area contributed by atoms with Crippen molar-refractivity contribution in [3.63, 3.8) is 0 Å². The van der Waals surface area contributed by atoms with Gasteiger partial charge in [-0.15, -0.1) is 0 Å². The number of rotatable bonds is 5. The van der Waals surface area contributed by atoms with Crippen LogP contribution in [0.3, 0.4) is 0 Å². The van der Waals surface area contributed by atoms with Crippen molar-refractivity contribution in [1.82, 2.24) is 9.88 Å². The van der Waals surface area contributed by atoms with Gasteiger partial charge in [-0.05, 0) is 53.6 Å². The van der Waals surface area contributed by atoms with E-state index in [9.17, 15) is 9.59 Å². The first kappa shape index (κ1) is 21.6. The molecule has 0 saturated carbocycles. The Morgan fingerprint density at radius 1 is 0.971 bits per heavy atom. The summed E-state index contributed by atoms with van der Waals surface area (Å²) in [4.78, 5) is 31.8. The molecule has 1 aromatic heterocycles. The van der Waals surface area contributed by atoms with Gasteiger partial charge in [-0.2, -0.15) is 0 Å². The molecular formula is C27H25N3O4. The molecule has 0 unspecified atom stereocenters. The second kappa shape index (κ2) is 8.59. The van der Waals surface area contributed by atoms with Gasteiger partial charge in [0.05, 0.1) is 26.2 Å². The van der Waals surface area contributed by atoms with Crippen molar-refractivity contribution in [2.24, 2.45) is 0 Å². The van der Waals surface area contributed by atoms with E-state index in [0.29, 0.717) is 28.3 Å². The van der Waals surface area contributed by atoms with Crippen LogP contribution < -0.4 is 14.8 Å². The molecule has 5 rings (SSSR count). The predicted molar refractivity (Wildman–Crippen MR) is 130 cm³/mol. The number of H-pyrrole nitrogens is 1. The Balaban J connectivity index is 1.60. The number of nitrogens with zero attached hydrogens (tertiary/aromatic N) is 1. The van der Waals surface area contributed by atoms with Gasteiger partial charge in [0, 0.05) is 35.4 Å². The number of fused-ring (bicyclic) bond motifs is 2. The van der Waals surface area contributed by atoms with Crippen molar-refractivity contribution >= 4 is 28.4 Å². The summed E-state index contributed by atoms with van der Waals surface area (Å²) in [5, 5.41) is 4.08. The average molecular weight is 456 g/mol. The molecule has 34 heavy (non-hydrogen) atoms. The van der Waals surface area contributed by atoms with Crippen LogP contribution in [0.4, 0.5) is 5.69 Å². The number of carbonyl (C=O) groups is 2. The molecule has 7 heteroatoms. The lowest BCUT2D eigenvalue weighted by Crippen LogP contribution is -2.44. The number of nitrogens with one attached hydrogen (secondary N) is 2. The van der Waals surface area contributed by atoms with E-state index in [2.05, 4.69) is 10.3 Å². The first-order valence-electron chi connectivity index (χ1n) is 11.0. The number of likely N-dealkylation sites (N-methyl/N-ethyl adjacent to an activating group) is 1. The van der Waals surface area contributed by atoms with E-state index < -0.39 is 12.0 Å². The zero-order valence-corrected chi connectivity index (χ0v) is 19.2. The molecular weight excluding hydrogens is 430 g/mol. The molecule has 2 N–H and O–H groups in total. The summed E-state index contributed by atoms with van der Waals surface area (Å²) < 4.78 is 10.9. The van der Waals surface area contributed by atoms with Crippen LogP contribution in [0.2, 0.25) is 0 Å². The maximum absolute atomic E-state index is 13.8. The fraction of sp³-hybridized carbons (Fsp3) is 0.185. The third-order valence-electron chi connectivity index (χ3n) is 6.43. The van der Waals surface area contributed by atoms with E-state index in [-0.39, 0.29) is 11.8 Å². The average Bonchev–Trinajstić information content (AvgIpc) is 3.33. The van der Waals surface area contributed by atoms with Crippen molar-refractivity contribution in [3.05, 3.63) is 89.6 Å². The molecule has 0 spiro atoms. The van der Waals surface area contributed by atoms with Gasteiger partial charge in [-0.25, -0.2) is 0 Å². The minimum atomic E-state index is -0.626. The van der Waals surface area contributed by atoms with Crippen LogP contribution in [0, 0.1) is 0 Å². The van der Waals surface area contributed by atoms with E-state index in [4.69, 9.17) is 9.47 Å². The number of methoxy groups -OCH3 is 2. The highest BCUT2D eigenvalue weighted by molar-refractivity contribution is 6.04. The molecule has 7 nitrogen and oxygen atoms in total. The Hall–Kier alpha value is -4.26. The third-order valence-corrected chi connectivity index (χ3v) is 6.43. The molecule has 0 bridgehead atoms. The van der Waals surface area contributed by atoms with Crippen molar-refractivity contribution in [3.8, 4) is 11.5 Å². The highest BCUT2D eigenvalue weighted by atomic mass is 16.5. The minimum Gasteiger partial charge on any atom is -0.493 e. The summed E-state index contributed by atoms with van der Waals surface area (Å²) >= 11 is 0. The van der Waals surface area contributed by atoms with Crippen LogP contribution in [-0.4, -0.2) is 43.0 Å². The van der Waals surface area contributed by atoms with E-state index in [1.165, 1.54) is 0 Å². The first-order chi connectivity index (χ1) is 16.5. The number of aromatic amines is 1. The maximum Gasteiger partial charge on any atom is 0.254 e. The minimum absolute atomic E-state index is 0.131. The molecule has 4 aromatic rings. The fourth-order valence-electron chi connectivity index (χ4n) is 4.76. The largest absolute Gasteiger partial charge is 0.493 e. The van der Waals surface area contributed by atoms with Crippen LogP contribution in [-0.2, 0) is 4.79 Å². The molecule has 0 aliphatic carbocycles. The highest BCUT2D eigenvalue weighted by Crippen LogP contribution is 2.44.